The molecule has 3 heteroatoms. The zero-order chi connectivity index (χ0) is 12.3. The molecule has 0 aliphatic heterocycles. The predicted octanol–water partition coefficient (Wildman–Crippen LogP) is 3.33. The number of hydrogen-bond donors (Lipinski definition) is 2. The zero-order valence-electron chi connectivity index (χ0n) is 9.70. The molecule has 88 valence electrons. The van der Waals surface area contributed by atoms with E-state index in [1.807, 2.05) is 37.3 Å². The van der Waals surface area contributed by atoms with Gasteiger partial charge in [0.15, 0.2) is 0 Å². The molecule has 0 bridgehead atoms. The first-order valence-corrected chi connectivity index (χ1v) is 5.50. The third-order valence-corrected chi connectivity index (χ3v) is 2.65. The van der Waals surface area contributed by atoms with Crippen molar-refractivity contribution in [3.63, 3.8) is 0 Å². The first-order chi connectivity index (χ1) is 8.16. The molecule has 2 nitrogen and oxygen atoms in total. The average Bonchev–Trinajstić information content (AvgIpc) is 2.30. The van der Waals surface area contributed by atoms with Gasteiger partial charge in [-0.1, -0.05) is 24.3 Å². The first-order valence-electron chi connectivity index (χ1n) is 5.50. The number of benzene rings is 2. The van der Waals surface area contributed by atoms with E-state index in [1.165, 1.54) is 6.07 Å². The van der Waals surface area contributed by atoms with E-state index in [1.54, 1.807) is 6.07 Å². The fraction of sp³-hybridized carbons (Fsp3) is 0.143. The fourth-order valence-electron chi connectivity index (χ4n) is 1.65. The molecule has 0 spiro atoms. The van der Waals surface area contributed by atoms with Crippen molar-refractivity contribution in [1.82, 2.24) is 0 Å². The Balaban J connectivity index is 2.10. The van der Waals surface area contributed by atoms with Crippen LogP contribution in [0.5, 0.6) is 0 Å². The third kappa shape index (κ3) is 2.75. The average molecular weight is 230 g/mol. The normalized spacial score (nSPS) is 10.2. The molecule has 17 heavy (non-hydrogen) atoms. The summed E-state index contributed by atoms with van der Waals surface area (Å²) in [6, 6.07) is 12.7. The van der Waals surface area contributed by atoms with Crippen LogP contribution in [0, 0.1) is 12.7 Å². The van der Waals surface area contributed by atoms with Crippen molar-refractivity contribution in [3.8, 4) is 0 Å². The Labute approximate surface area is 100 Å². The second kappa shape index (κ2) is 4.87. The number of para-hydroxylation sites is 1. The fourth-order valence-corrected chi connectivity index (χ4v) is 1.65. The van der Waals surface area contributed by atoms with Gasteiger partial charge in [0.1, 0.15) is 5.82 Å². The molecule has 0 aliphatic rings. The van der Waals surface area contributed by atoms with Crippen molar-refractivity contribution in [3.05, 3.63) is 59.4 Å². The Hall–Kier alpha value is -2.03. The van der Waals surface area contributed by atoms with Gasteiger partial charge in [0.25, 0.3) is 0 Å². The maximum atomic E-state index is 13.6. The SMILES string of the molecule is Cc1ccc(NCc2ccccc2N)c(F)c1. The van der Waals surface area contributed by atoms with Crippen molar-refractivity contribution in [2.75, 3.05) is 11.1 Å². The summed E-state index contributed by atoms with van der Waals surface area (Å²) < 4.78 is 13.6. The Morgan fingerprint density at radius 1 is 1.18 bits per heavy atom. The van der Waals surface area contributed by atoms with Gasteiger partial charge in [0.2, 0.25) is 0 Å². The van der Waals surface area contributed by atoms with Crippen LogP contribution >= 0.6 is 0 Å². The van der Waals surface area contributed by atoms with Crippen LogP contribution in [0.3, 0.4) is 0 Å². The van der Waals surface area contributed by atoms with Crippen LogP contribution < -0.4 is 11.1 Å². The molecule has 0 fully saturated rings. The molecule has 0 atom stereocenters. The Morgan fingerprint density at radius 2 is 1.94 bits per heavy atom. The molecule has 0 heterocycles. The Morgan fingerprint density at radius 3 is 2.65 bits per heavy atom. The second-order valence-electron chi connectivity index (χ2n) is 4.04. The molecule has 0 saturated carbocycles. The molecule has 0 saturated heterocycles. The lowest BCUT2D eigenvalue weighted by atomic mass is 10.1. The van der Waals surface area contributed by atoms with Crippen LogP contribution in [0.15, 0.2) is 42.5 Å². The summed E-state index contributed by atoms with van der Waals surface area (Å²) in [4.78, 5) is 0. The van der Waals surface area contributed by atoms with Crippen molar-refractivity contribution in [2.24, 2.45) is 0 Å². The number of rotatable bonds is 3. The smallest absolute Gasteiger partial charge is 0.146 e. The molecule has 2 rings (SSSR count). The summed E-state index contributed by atoms with van der Waals surface area (Å²) in [6.07, 6.45) is 0. The summed E-state index contributed by atoms with van der Waals surface area (Å²) >= 11 is 0. The monoisotopic (exact) mass is 230 g/mol. The van der Waals surface area contributed by atoms with Crippen molar-refractivity contribution in [1.29, 1.82) is 0 Å². The van der Waals surface area contributed by atoms with Gasteiger partial charge in [0.05, 0.1) is 5.69 Å². The Bertz CT molecular complexity index is 523. The highest BCUT2D eigenvalue weighted by molar-refractivity contribution is 5.51. The summed E-state index contributed by atoms with van der Waals surface area (Å²) in [6.45, 7) is 2.38. The summed E-state index contributed by atoms with van der Waals surface area (Å²) in [7, 11) is 0. The molecule has 0 amide bonds. The largest absolute Gasteiger partial charge is 0.398 e. The molecular weight excluding hydrogens is 215 g/mol. The van der Waals surface area contributed by atoms with Gasteiger partial charge in [-0.3, -0.25) is 0 Å². The molecule has 0 aromatic heterocycles. The van der Waals surface area contributed by atoms with E-state index >= 15 is 0 Å². The van der Waals surface area contributed by atoms with Crippen molar-refractivity contribution >= 4 is 11.4 Å². The summed E-state index contributed by atoms with van der Waals surface area (Å²) in [5.41, 5.74) is 8.90. The number of hydrogen-bond acceptors (Lipinski definition) is 2. The number of nitrogens with two attached hydrogens (primary N) is 1. The molecule has 0 radical (unpaired) electrons. The highest BCUT2D eigenvalue weighted by Gasteiger charge is 2.02. The lowest BCUT2D eigenvalue weighted by Gasteiger charge is -2.09. The minimum atomic E-state index is -0.237. The molecule has 0 unspecified atom stereocenters. The standard InChI is InChI=1S/C14H15FN2/c1-10-6-7-14(12(15)8-10)17-9-11-4-2-3-5-13(11)16/h2-8,17H,9,16H2,1H3. The van der Waals surface area contributed by atoms with E-state index in [9.17, 15) is 4.39 Å². The Kier molecular flexibility index (Phi) is 3.28. The second-order valence-corrected chi connectivity index (χ2v) is 4.04. The first kappa shape index (κ1) is 11.5. The lowest BCUT2D eigenvalue weighted by Crippen LogP contribution is -2.04. The predicted molar refractivity (Wildman–Crippen MR) is 69.3 cm³/mol. The van der Waals surface area contributed by atoms with Crippen LogP contribution in [0.2, 0.25) is 0 Å². The van der Waals surface area contributed by atoms with E-state index < -0.39 is 0 Å². The van der Waals surface area contributed by atoms with Gasteiger partial charge in [-0.15, -0.1) is 0 Å². The van der Waals surface area contributed by atoms with Crippen LogP contribution in [-0.2, 0) is 6.54 Å². The van der Waals surface area contributed by atoms with E-state index in [-0.39, 0.29) is 5.82 Å². The number of nitrogens with one attached hydrogen (secondary N) is 1. The zero-order valence-corrected chi connectivity index (χ0v) is 9.70. The number of anilines is 2. The van der Waals surface area contributed by atoms with E-state index in [0.29, 0.717) is 17.9 Å². The third-order valence-electron chi connectivity index (χ3n) is 2.65. The van der Waals surface area contributed by atoms with Gasteiger partial charge < -0.3 is 11.1 Å². The lowest BCUT2D eigenvalue weighted by molar-refractivity contribution is 0.629. The van der Waals surface area contributed by atoms with Gasteiger partial charge >= 0.3 is 0 Å². The van der Waals surface area contributed by atoms with Crippen LogP contribution in [0.4, 0.5) is 15.8 Å². The quantitative estimate of drug-likeness (QED) is 0.794. The minimum absolute atomic E-state index is 0.237. The molecule has 2 aromatic rings. The molecule has 2 aromatic carbocycles. The van der Waals surface area contributed by atoms with E-state index in [0.717, 1.165) is 11.1 Å². The van der Waals surface area contributed by atoms with Gasteiger partial charge in [-0.25, -0.2) is 4.39 Å². The number of aryl methyl sites for hydroxylation is 1. The molecular formula is C14H15FN2. The maximum absolute atomic E-state index is 13.6. The number of nitrogen functional groups attached to an aromatic ring is 1. The number of halogens is 1. The van der Waals surface area contributed by atoms with Crippen molar-refractivity contribution < 1.29 is 4.39 Å². The van der Waals surface area contributed by atoms with E-state index in [2.05, 4.69) is 5.32 Å². The highest BCUT2D eigenvalue weighted by Crippen LogP contribution is 2.18. The summed E-state index contributed by atoms with van der Waals surface area (Å²) in [5, 5.41) is 3.04. The molecule has 3 N–H and O–H groups in total. The minimum Gasteiger partial charge on any atom is -0.398 e. The van der Waals surface area contributed by atoms with Crippen LogP contribution in [0.1, 0.15) is 11.1 Å². The van der Waals surface area contributed by atoms with Crippen molar-refractivity contribution in [2.45, 2.75) is 13.5 Å². The van der Waals surface area contributed by atoms with Crippen LogP contribution in [0.25, 0.3) is 0 Å². The van der Waals surface area contributed by atoms with Gasteiger partial charge in [-0.2, -0.15) is 0 Å². The van der Waals surface area contributed by atoms with Gasteiger partial charge in [0, 0.05) is 12.2 Å². The maximum Gasteiger partial charge on any atom is 0.146 e. The topological polar surface area (TPSA) is 38.0 Å². The summed E-state index contributed by atoms with van der Waals surface area (Å²) in [5.74, 6) is -0.237. The van der Waals surface area contributed by atoms with Gasteiger partial charge in [-0.05, 0) is 36.2 Å². The van der Waals surface area contributed by atoms with E-state index in [4.69, 9.17) is 5.73 Å². The highest BCUT2D eigenvalue weighted by atomic mass is 19.1. The molecule has 0 aliphatic carbocycles. The van der Waals surface area contributed by atoms with Crippen LogP contribution in [-0.4, -0.2) is 0 Å².